The Kier molecular flexibility index (Phi) is 3.76. The number of hydrogen-bond acceptors (Lipinski definition) is 6. The molecule has 104 valence electrons. The molecule has 3 rings (SSSR count). The number of nitrogens with two attached hydrogens (primary N) is 1. The fourth-order valence-corrected chi connectivity index (χ4v) is 4.29. The largest absolute Gasteiger partial charge is 0.374 e. The van der Waals surface area contributed by atoms with Crippen LogP contribution < -0.4 is 5.73 Å². The van der Waals surface area contributed by atoms with Gasteiger partial charge < -0.3 is 5.73 Å². The monoisotopic (exact) mass is 305 g/mol. The number of carbonyl (C=O) groups excluding carboxylic acids is 1. The van der Waals surface area contributed by atoms with Crippen molar-refractivity contribution in [3.8, 4) is 0 Å². The Bertz CT molecular complexity index is 654. The molecule has 1 unspecified atom stereocenters. The molecule has 6 heteroatoms. The van der Waals surface area contributed by atoms with E-state index >= 15 is 0 Å². The highest BCUT2D eigenvalue weighted by atomic mass is 32.2. The van der Waals surface area contributed by atoms with E-state index in [0.29, 0.717) is 5.13 Å². The molecule has 1 aliphatic carbocycles. The van der Waals surface area contributed by atoms with Gasteiger partial charge in [0.2, 0.25) is 5.13 Å². The third-order valence-electron chi connectivity index (χ3n) is 3.45. The molecule has 1 aromatic carbocycles. The standard InChI is InChI=1S/C14H15N3OS2/c1-8(19-14-17-16-13(15)20-14)12(18)11-6-5-9-3-2-4-10(9)7-11/h5-8H,2-4H2,1H3,(H2,15,16). The topological polar surface area (TPSA) is 68.9 Å². The molecular weight excluding hydrogens is 290 g/mol. The van der Waals surface area contributed by atoms with Crippen LogP contribution in [0, 0.1) is 0 Å². The number of fused-ring (bicyclic) bond motifs is 1. The van der Waals surface area contributed by atoms with Crippen LogP contribution in [0.1, 0.15) is 34.8 Å². The smallest absolute Gasteiger partial charge is 0.203 e. The number of ketones is 1. The Morgan fingerprint density at radius 2 is 2.15 bits per heavy atom. The minimum Gasteiger partial charge on any atom is -0.374 e. The molecule has 0 fully saturated rings. The summed E-state index contributed by atoms with van der Waals surface area (Å²) in [5.74, 6) is 0.137. The predicted octanol–water partition coefficient (Wildman–Crippen LogP) is 2.97. The van der Waals surface area contributed by atoms with Gasteiger partial charge in [-0.3, -0.25) is 4.79 Å². The highest BCUT2D eigenvalue weighted by Crippen LogP contribution is 2.30. The van der Waals surface area contributed by atoms with Crippen LogP contribution in [-0.2, 0) is 12.8 Å². The maximum Gasteiger partial charge on any atom is 0.203 e. The highest BCUT2D eigenvalue weighted by Gasteiger charge is 2.20. The van der Waals surface area contributed by atoms with E-state index in [-0.39, 0.29) is 11.0 Å². The van der Waals surface area contributed by atoms with Crippen LogP contribution in [-0.4, -0.2) is 21.2 Å². The number of Topliss-reactive ketones (excluding diaryl/α,β-unsaturated/α-hetero) is 1. The minimum absolute atomic E-state index is 0.137. The molecular formula is C14H15N3OS2. The van der Waals surface area contributed by atoms with E-state index in [1.54, 1.807) is 0 Å². The summed E-state index contributed by atoms with van der Waals surface area (Å²) in [5.41, 5.74) is 9.06. The molecule has 1 aliphatic rings. The lowest BCUT2D eigenvalue weighted by atomic mass is 10.0. The summed E-state index contributed by atoms with van der Waals surface area (Å²) in [6.45, 7) is 1.90. The average Bonchev–Trinajstić information content (AvgIpc) is 3.05. The first kappa shape index (κ1) is 13.6. The van der Waals surface area contributed by atoms with E-state index in [2.05, 4.69) is 22.3 Å². The van der Waals surface area contributed by atoms with Gasteiger partial charge >= 0.3 is 0 Å². The Morgan fingerprint density at radius 3 is 2.90 bits per heavy atom. The molecule has 0 spiro atoms. The zero-order valence-corrected chi connectivity index (χ0v) is 12.8. The minimum atomic E-state index is -0.179. The summed E-state index contributed by atoms with van der Waals surface area (Å²) in [4.78, 5) is 12.5. The molecule has 1 aromatic heterocycles. The fourth-order valence-electron chi connectivity index (χ4n) is 2.43. The number of aryl methyl sites for hydroxylation is 2. The van der Waals surface area contributed by atoms with Gasteiger partial charge in [-0.05, 0) is 43.4 Å². The quantitative estimate of drug-likeness (QED) is 0.694. The van der Waals surface area contributed by atoms with Crippen molar-refractivity contribution in [2.75, 3.05) is 5.73 Å². The molecule has 20 heavy (non-hydrogen) atoms. The van der Waals surface area contributed by atoms with Gasteiger partial charge in [0, 0.05) is 5.56 Å². The summed E-state index contributed by atoms with van der Waals surface area (Å²) in [5, 5.41) is 7.96. The maximum atomic E-state index is 12.5. The van der Waals surface area contributed by atoms with Crippen LogP contribution in [0.5, 0.6) is 0 Å². The summed E-state index contributed by atoms with van der Waals surface area (Å²) in [6.07, 6.45) is 3.42. The van der Waals surface area contributed by atoms with Gasteiger partial charge in [0.25, 0.3) is 0 Å². The zero-order chi connectivity index (χ0) is 14.1. The Balaban J connectivity index is 1.74. The van der Waals surface area contributed by atoms with Crippen LogP contribution in [0.4, 0.5) is 5.13 Å². The van der Waals surface area contributed by atoms with Crippen LogP contribution in [0.2, 0.25) is 0 Å². The number of nitrogens with zero attached hydrogens (tertiary/aromatic N) is 2. The molecule has 2 N–H and O–H groups in total. The fraction of sp³-hybridized carbons (Fsp3) is 0.357. The third kappa shape index (κ3) is 2.71. The van der Waals surface area contributed by atoms with E-state index < -0.39 is 0 Å². The van der Waals surface area contributed by atoms with E-state index in [9.17, 15) is 4.79 Å². The van der Waals surface area contributed by atoms with Crippen molar-refractivity contribution < 1.29 is 4.79 Å². The van der Waals surface area contributed by atoms with Gasteiger partial charge in [0.05, 0.1) is 5.25 Å². The van der Waals surface area contributed by atoms with Crippen molar-refractivity contribution in [3.05, 3.63) is 34.9 Å². The Labute approximate surface area is 125 Å². The zero-order valence-electron chi connectivity index (χ0n) is 11.1. The number of hydrogen-bond donors (Lipinski definition) is 1. The summed E-state index contributed by atoms with van der Waals surface area (Å²) >= 11 is 2.73. The number of carbonyl (C=O) groups is 1. The van der Waals surface area contributed by atoms with Crippen molar-refractivity contribution in [3.63, 3.8) is 0 Å². The van der Waals surface area contributed by atoms with Crippen LogP contribution in [0.15, 0.2) is 22.5 Å². The van der Waals surface area contributed by atoms with Crippen molar-refractivity contribution in [2.24, 2.45) is 0 Å². The average molecular weight is 305 g/mol. The second-order valence-corrected chi connectivity index (χ2v) is 7.46. The van der Waals surface area contributed by atoms with E-state index in [4.69, 9.17) is 5.73 Å². The second kappa shape index (κ2) is 5.54. The van der Waals surface area contributed by atoms with Crippen LogP contribution in [0.25, 0.3) is 0 Å². The van der Waals surface area contributed by atoms with Gasteiger partial charge in [-0.1, -0.05) is 35.2 Å². The number of aromatic nitrogens is 2. The summed E-state index contributed by atoms with van der Waals surface area (Å²) < 4.78 is 0.740. The Morgan fingerprint density at radius 1 is 1.35 bits per heavy atom. The molecule has 0 amide bonds. The van der Waals surface area contributed by atoms with Gasteiger partial charge in [-0.15, -0.1) is 10.2 Å². The predicted molar refractivity (Wildman–Crippen MR) is 82.4 cm³/mol. The maximum absolute atomic E-state index is 12.5. The molecule has 0 saturated heterocycles. The molecule has 0 radical (unpaired) electrons. The first-order valence-electron chi connectivity index (χ1n) is 6.55. The molecule has 4 nitrogen and oxygen atoms in total. The van der Waals surface area contributed by atoms with Gasteiger partial charge in [0.1, 0.15) is 0 Å². The lowest BCUT2D eigenvalue weighted by Crippen LogP contribution is -2.13. The number of nitrogen functional groups attached to an aromatic ring is 1. The second-order valence-electron chi connectivity index (χ2n) is 4.87. The number of thioether (sulfide) groups is 1. The van der Waals surface area contributed by atoms with Gasteiger partial charge in [-0.2, -0.15) is 0 Å². The molecule has 1 heterocycles. The molecule has 0 bridgehead atoms. The third-order valence-corrected chi connectivity index (χ3v) is 5.39. The van der Waals surface area contributed by atoms with Gasteiger partial charge in [-0.25, -0.2) is 0 Å². The molecule has 0 saturated carbocycles. The lowest BCUT2D eigenvalue weighted by molar-refractivity contribution is 0.0994. The van der Waals surface area contributed by atoms with Crippen LogP contribution in [0.3, 0.4) is 0 Å². The van der Waals surface area contributed by atoms with Crippen molar-refractivity contribution in [1.29, 1.82) is 0 Å². The summed E-state index contributed by atoms with van der Waals surface area (Å²) in [7, 11) is 0. The van der Waals surface area contributed by atoms with Crippen molar-refractivity contribution in [1.82, 2.24) is 10.2 Å². The normalized spacial score (nSPS) is 15.1. The van der Waals surface area contributed by atoms with Crippen LogP contribution >= 0.6 is 23.1 Å². The van der Waals surface area contributed by atoms with Crippen molar-refractivity contribution in [2.45, 2.75) is 35.8 Å². The lowest BCUT2D eigenvalue weighted by Gasteiger charge is -2.09. The SMILES string of the molecule is CC(Sc1nnc(N)s1)C(=O)c1ccc2c(c1)CCC2. The van der Waals surface area contributed by atoms with Crippen molar-refractivity contribution >= 4 is 34.0 Å². The molecule has 1 atom stereocenters. The Hall–Kier alpha value is -1.40. The number of rotatable bonds is 4. The van der Waals surface area contributed by atoms with E-state index in [1.807, 2.05) is 13.0 Å². The number of anilines is 1. The van der Waals surface area contributed by atoms with E-state index in [0.717, 1.165) is 22.7 Å². The first-order chi connectivity index (χ1) is 9.63. The summed E-state index contributed by atoms with van der Waals surface area (Å²) in [6, 6.07) is 6.09. The van der Waals surface area contributed by atoms with Gasteiger partial charge in [0.15, 0.2) is 10.1 Å². The first-order valence-corrected chi connectivity index (χ1v) is 8.25. The molecule has 0 aliphatic heterocycles. The number of benzene rings is 1. The highest BCUT2D eigenvalue weighted by molar-refractivity contribution is 8.02. The van der Waals surface area contributed by atoms with E-state index in [1.165, 1.54) is 40.6 Å². The molecule has 2 aromatic rings.